The molecule has 0 atom stereocenters. The standard InChI is InChI=1S/C16H11Cl2N3O2/c17-10-6-5-9(7-11(10)18)13-8-14(21-20-13)16(23)19-12-3-1-2-4-15(12)22/h1-8,22H,(H,19,23)(H,20,21). The van der Waals surface area contributed by atoms with Crippen molar-refractivity contribution in [2.45, 2.75) is 0 Å². The average molecular weight is 348 g/mol. The molecule has 3 aromatic rings. The van der Waals surface area contributed by atoms with Crippen LogP contribution in [0.5, 0.6) is 5.75 Å². The van der Waals surface area contributed by atoms with Crippen molar-refractivity contribution in [1.82, 2.24) is 10.2 Å². The van der Waals surface area contributed by atoms with E-state index in [0.717, 1.165) is 5.56 Å². The van der Waals surface area contributed by atoms with Crippen molar-refractivity contribution in [1.29, 1.82) is 0 Å². The minimum absolute atomic E-state index is 0.00919. The summed E-state index contributed by atoms with van der Waals surface area (Å²) in [4.78, 5) is 12.2. The molecule has 0 saturated heterocycles. The molecule has 5 nitrogen and oxygen atoms in total. The van der Waals surface area contributed by atoms with Crippen molar-refractivity contribution >= 4 is 34.8 Å². The van der Waals surface area contributed by atoms with Gasteiger partial charge in [-0.05, 0) is 30.3 Å². The summed E-state index contributed by atoms with van der Waals surface area (Å²) in [5, 5.41) is 19.9. The minimum atomic E-state index is -0.412. The van der Waals surface area contributed by atoms with E-state index >= 15 is 0 Å². The van der Waals surface area contributed by atoms with Gasteiger partial charge in [0, 0.05) is 5.56 Å². The van der Waals surface area contributed by atoms with Crippen LogP contribution < -0.4 is 5.32 Å². The van der Waals surface area contributed by atoms with E-state index in [1.165, 1.54) is 6.07 Å². The first kappa shape index (κ1) is 15.4. The van der Waals surface area contributed by atoms with Crippen LogP contribution in [0.2, 0.25) is 10.0 Å². The maximum atomic E-state index is 12.2. The molecule has 0 aliphatic carbocycles. The molecular formula is C16H11Cl2N3O2. The van der Waals surface area contributed by atoms with Gasteiger partial charge in [0.15, 0.2) is 0 Å². The number of phenolic OH excluding ortho intramolecular Hbond substituents is 1. The van der Waals surface area contributed by atoms with Crippen molar-refractivity contribution in [3.05, 3.63) is 64.3 Å². The molecule has 0 spiro atoms. The molecule has 7 heteroatoms. The second-order valence-electron chi connectivity index (χ2n) is 4.77. The summed E-state index contributed by atoms with van der Waals surface area (Å²) in [6.07, 6.45) is 0. The number of H-pyrrole nitrogens is 1. The van der Waals surface area contributed by atoms with E-state index in [4.69, 9.17) is 23.2 Å². The zero-order valence-electron chi connectivity index (χ0n) is 11.7. The predicted molar refractivity (Wildman–Crippen MR) is 90.1 cm³/mol. The molecule has 3 rings (SSSR count). The van der Waals surface area contributed by atoms with Crippen LogP contribution in [0.15, 0.2) is 48.5 Å². The summed E-state index contributed by atoms with van der Waals surface area (Å²) in [6, 6.07) is 13.2. The maximum Gasteiger partial charge on any atom is 0.273 e. The van der Waals surface area contributed by atoms with Crippen LogP contribution >= 0.6 is 23.2 Å². The lowest BCUT2D eigenvalue weighted by Crippen LogP contribution is -2.12. The second-order valence-corrected chi connectivity index (χ2v) is 5.58. The fourth-order valence-corrected chi connectivity index (χ4v) is 2.31. The highest BCUT2D eigenvalue weighted by Crippen LogP contribution is 2.28. The smallest absolute Gasteiger partial charge is 0.273 e. The first-order valence-electron chi connectivity index (χ1n) is 6.65. The Morgan fingerprint density at radius 1 is 1.09 bits per heavy atom. The minimum Gasteiger partial charge on any atom is -0.506 e. The summed E-state index contributed by atoms with van der Waals surface area (Å²) < 4.78 is 0. The summed E-state index contributed by atoms with van der Waals surface area (Å²) in [5.74, 6) is -0.421. The number of carbonyl (C=O) groups is 1. The topological polar surface area (TPSA) is 78.0 Å². The zero-order chi connectivity index (χ0) is 16.4. The Labute approximate surface area is 141 Å². The number of hydrogen-bond donors (Lipinski definition) is 3. The number of nitrogens with one attached hydrogen (secondary N) is 2. The van der Waals surface area contributed by atoms with Gasteiger partial charge in [0.25, 0.3) is 5.91 Å². The number of rotatable bonds is 3. The molecule has 0 radical (unpaired) electrons. The fraction of sp³-hybridized carbons (Fsp3) is 0. The van der Waals surface area contributed by atoms with E-state index in [2.05, 4.69) is 15.5 Å². The number of amides is 1. The number of halogens is 2. The lowest BCUT2D eigenvalue weighted by atomic mass is 10.1. The summed E-state index contributed by atoms with van der Waals surface area (Å²) in [6.45, 7) is 0. The highest BCUT2D eigenvalue weighted by atomic mass is 35.5. The second kappa shape index (κ2) is 6.32. The molecule has 0 saturated carbocycles. The number of nitrogens with zero attached hydrogens (tertiary/aromatic N) is 1. The van der Waals surface area contributed by atoms with Gasteiger partial charge in [0.1, 0.15) is 11.4 Å². The van der Waals surface area contributed by atoms with E-state index in [-0.39, 0.29) is 11.4 Å². The monoisotopic (exact) mass is 347 g/mol. The number of benzene rings is 2. The van der Waals surface area contributed by atoms with Gasteiger partial charge in [-0.3, -0.25) is 9.89 Å². The quantitative estimate of drug-likeness (QED) is 0.616. The number of carbonyl (C=O) groups excluding carboxylic acids is 1. The number of hydrogen-bond acceptors (Lipinski definition) is 3. The third-order valence-electron chi connectivity index (χ3n) is 3.19. The first-order chi connectivity index (χ1) is 11.0. The van der Waals surface area contributed by atoms with Crippen molar-refractivity contribution in [2.75, 3.05) is 5.32 Å². The third-order valence-corrected chi connectivity index (χ3v) is 3.93. The zero-order valence-corrected chi connectivity index (χ0v) is 13.2. The molecular weight excluding hydrogens is 337 g/mol. The van der Waals surface area contributed by atoms with Gasteiger partial charge < -0.3 is 10.4 Å². The summed E-state index contributed by atoms with van der Waals surface area (Å²) in [5.41, 5.74) is 1.88. The Bertz CT molecular complexity index is 877. The van der Waals surface area contributed by atoms with Gasteiger partial charge in [-0.15, -0.1) is 0 Å². The average Bonchev–Trinajstić information content (AvgIpc) is 3.02. The van der Waals surface area contributed by atoms with Gasteiger partial charge in [0.05, 0.1) is 21.4 Å². The number of aromatic nitrogens is 2. The van der Waals surface area contributed by atoms with Crippen LogP contribution in [-0.2, 0) is 0 Å². The Hall–Kier alpha value is -2.50. The molecule has 2 aromatic carbocycles. The van der Waals surface area contributed by atoms with Crippen LogP contribution in [-0.4, -0.2) is 21.2 Å². The van der Waals surface area contributed by atoms with Gasteiger partial charge in [-0.1, -0.05) is 41.4 Å². The lowest BCUT2D eigenvalue weighted by Gasteiger charge is -2.04. The molecule has 3 N–H and O–H groups in total. The van der Waals surface area contributed by atoms with Gasteiger partial charge in [-0.2, -0.15) is 5.10 Å². The van der Waals surface area contributed by atoms with Crippen LogP contribution in [0.3, 0.4) is 0 Å². The Kier molecular flexibility index (Phi) is 4.23. The fourth-order valence-electron chi connectivity index (χ4n) is 2.01. The molecule has 1 aromatic heterocycles. The molecule has 0 aliphatic rings. The third kappa shape index (κ3) is 3.31. The SMILES string of the molecule is O=C(Nc1ccccc1O)c1cc(-c2ccc(Cl)c(Cl)c2)n[nH]1. The molecule has 0 fully saturated rings. The van der Waals surface area contributed by atoms with Crippen LogP contribution in [0.25, 0.3) is 11.3 Å². The molecule has 23 heavy (non-hydrogen) atoms. The number of anilines is 1. The van der Waals surface area contributed by atoms with Gasteiger partial charge in [0.2, 0.25) is 0 Å². The molecule has 0 bridgehead atoms. The van der Waals surface area contributed by atoms with Crippen molar-refractivity contribution in [3.63, 3.8) is 0 Å². The Morgan fingerprint density at radius 2 is 1.87 bits per heavy atom. The lowest BCUT2D eigenvalue weighted by molar-refractivity contribution is 0.102. The van der Waals surface area contributed by atoms with Gasteiger partial charge in [-0.25, -0.2) is 0 Å². The predicted octanol–water partition coefficient (Wildman–Crippen LogP) is 4.34. The van der Waals surface area contributed by atoms with Gasteiger partial charge >= 0.3 is 0 Å². The summed E-state index contributed by atoms with van der Waals surface area (Å²) >= 11 is 11.9. The highest BCUT2D eigenvalue weighted by molar-refractivity contribution is 6.42. The van der Waals surface area contributed by atoms with Crippen molar-refractivity contribution in [2.24, 2.45) is 0 Å². The van der Waals surface area contributed by atoms with E-state index in [9.17, 15) is 9.90 Å². The van der Waals surface area contributed by atoms with E-state index in [1.54, 1.807) is 42.5 Å². The van der Waals surface area contributed by atoms with Crippen molar-refractivity contribution in [3.8, 4) is 17.0 Å². The number of para-hydroxylation sites is 2. The van der Waals surface area contributed by atoms with Crippen molar-refractivity contribution < 1.29 is 9.90 Å². The van der Waals surface area contributed by atoms with Crippen LogP contribution in [0.1, 0.15) is 10.5 Å². The summed E-state index contributed by atoms with van der Waals surface area (Å²) in [7, 11) is 0. The first-order valence-corrected chi connectivity index (χ1v) is 7.40. The Balaban J connectivity index is 1.82. The normalized spacial score (nSPS) is 10.5. The maximum absolute atomic E-state index is 12.2. The van der Waals surface area contributed by atoms with E-state index in [0.29, 0.717) is 21.4 Å². The molecule has 1 heterocycles. The molecule has 1 amide bonds. The number of aromatic hydroxyl groups is 1. The molecule has 116 valence electrons. The Morgan fingerprint density at radius 3 is 2.61 bits per heavy atom. The number of phenols is 1. The van der Waals surface area contributed by atoms with E-state index in [1.807, 2.05) is 0 Å². The van der Waals surface area contributed by atoms with E-state index < -0.39 is 5.91 Å². The molecule has 0 aliphatic heterocycles. The van der Waals surface area contributed by atoms with Crippen LogP contribution in [0.4, 0.5) is 5.69 Å². The van der Waals surface area contributed by atoms with Crippen LogP contribution in [0, 0.1) is 0 Å². The largest absolute Gasteiger partial charge is 0.506 e. The molecule has 0 unspecified atom stereocenters. The number of aromatic amines is 1. The highest BCUT2D eigenvalue weighted by Gasteiger charge is 2.13.